The van der Waals surface area contributed by atoms with Gasteiger partial charge in [0.05, 0.1) is 12.2 Å². The molecule has 0 bridgehead atoms. The van der Waals surface area contributed by atoms with Crippen LogP contribution in [0.25, 0.3) is 0 Å². The van der Waals surface area contributed by atoms with Gasteiger partial charge in [-0.2, -0.15) is 5.26 Å². The Bertz CT molecular complexity index is 201. The first kappa shape index (κ1) is 15.4. The molecule has 0 saturated carbocycles. The Hall–Kier alpha value is -0.630. The average molecular weight is 227 g/mol. The summed E-state index contributed by atoms with van der Waals surface area (Å²) < 4.78 is 0. The number of nitrogens with zero attached hydrogens (tertiary/aromatic N) is 2. The van der Waals surface area contributed by atoms with Gasteiger partial charge in [-0.3, -0.25) is 4.90 Å². The largest absolute Gasteiger partial charge is 0.390 e. The quantitative estimate of drug-likeness (QED) is 0.612. The number of hydrogen-bond acceptors (Lipinski definition) is 4. The second-order valence-electron chi connectivity index (χ2n) is 4.52. The Morgan fingerprint density at radius 1 is 1.38 bits per heavy atom. The van der Waals surface area contributed by atoms with Crippen LogP contribution in [0, 0.1) is 17.2 Å². The number of aliphatic hydroxyl groups excluding tert-OH is 1. The van der Waals surface area contributed by atoms with E-state index in [4.69, 9.17) is 5.26 Å². The molecule has 0 amide bonds. The molecule has 94 valence electrons. The van der Waals surface area contributed by atoms with Gasteiger partial charge in [-0.1, -0.05) is 20.8 Å². The van der Waals surface area contributed by atoms with Crippen LogP contribution in [0.3, 0.4) is 0 Å². The van der Waals surface area contributed by atoms with E-state index >= 15 is 0 Å². The van der Waals surface area contributed by atoms with Crippen LogP contribution in [-0.2, 0) is 0 Å². The van der Waals surface area contributed by atoms with Crippen molar-refractivity contribution in [3.63, 3.8) is 0 Å². The number of aliphatic hydroxyl groups is 1. The first-order valence-corrected chi connectivity index (χ1v) is 6.08. The third-order valence-electron chi connectivity index (χ3n) is 2.26. The van der Waals surface area contributed by atoms with Gasteiger partial charge in [-0.25, -0.2) is 0 Å². The molecular weight excluding hydrogens is 202 g/mol. The third kappa shape index (κ3) is 8.66. The van der Waals surface area contributed by atoms with Crippen LogP contribution in [0.1, 0.15) is 27.2 Å². The van der Waals surface area contributed by atoms with E-state index in [0.717, 1.165) is 19.6 Å². The van der Waals surface area contributed by atoms with E-state index in [1.54, 1.807) is 0 Å². The molecule has 2 N–H and O–H groups in total. The Balaban J connectivity index is 3.93. The van der Waals surface area contributed by atoms with Gasteiger partial charge in [0.2, 0.25) is 0 Å². The van der Waals surface area contributed by atoms with Crippen LogP contribution < -0.4 is 5.32 Å². The van der Waals surface area contributed by atoms with Gasteiger partial charge in [0.25, 0.3) is 0 Å². The molecule has 0 spiro atoms. The van der Waals surface area contributed by atoms with Crippen molar-refractivity contribution in [2.45, 2.75) is 33.3 Å². The summed E-state index contributed by atoms with van der Waals surface area (Å²) in [4.78, 5) is 2.16. The molecule has 0 radical (unpaired) electrons. The molecule has 0 aliphatic carbocycles. The van der Waals surface area contributed by atoms with E-state index in [0.29, 0.717) is 25.4 Å². The van der Waals surface area contributed by atoms with E-state index < -0.39 is 0 Å². The van der Waals surface area contributed by atoms with Crippen LogP contribution in [0.15, 0.2) is 0 Å². The highest BCUT2D eigenvalue weighted by atomic mass is 16.3. The number of hydrogen-bond donors (Lipinski definition) is 2. The number of nitriles is 1. The maximum Gasteiger partial charge on any atom is 0.0791 e. The second-order valence-corrected chi connectivity index (χ2v) is 4.52. The van der Waals surface area contributed by atoms with Crippen molar-refractivity contribution in [1.82, 2.24) is 10.2 Å². The minimum atomic E-state index is -0.350. The van der Waals surface area contributed by atoms with E-state index in [1.165, 1.54) is 0 Å². The first-order chi connectivity index (χ1) is 7.60. The van der Waals surface area contributed by atoms with E-state index in [-0.39, 0.29) is 6.10 Å². The molecule has 0 saturated heterocycles. The fraction of sp³-hybridized carbons (Fsp3) is 0.917. The van der Waals surface area contributed by atoms with E-state index in [9.17, 15) is 5.11 Å². The molecule has 0 fully saturated rings. The molecule has 4 nitrogen and oxygen atoms in total. The summed E-state index contributed by atoms with van der Waals surface area (Å²) in [7, 11) is 0. The number of likely N-dealkylation sites (N-methyl/N-ethyl adjacent to an activating group) is 1. The van der Waals surface area contributed by atoms with Gasteiger partial charge in [0, 0.05) is 32.6 Å². The second kappa shape index (κ2) is 9.59. The minimum Gasteiger partial charge on any atom is -0.390 e. The van der Waals surface area contributed by atoms with Crippen molar-refractivity contribution < 1.29 is 5.11 Å². The summed E-state index contributed by atoms with van der Waals surface area (Å²) in [5.41, 5.74) is 0. The van der Waals surface area contributed by atoms with Crippen molar-refractivity contribution in [3.8, 4) is 6.07 Å². The van der Waals surface area contributed by atoms with Crippen molar-refractivity contribution in [2.75, 3.05) is 32.7 Å². The normalized spacial score (nSPS) is 13.1. The van der Waals surface area contributed by atoms with Crippen LogP contribution in [0.5, 0.6) is 0 Å². The molecular formula is C12H25N3O. The number of rotatable bonds is 9. The van der Waals surface area contributed by atoms with E-state index in [1.807, 2.05) is 6.92 Å². The van der Waals surface area contributed by atoms with Gasteiger partial charge in [-0.15, -0.1) is 0 Å². The van der Waals surface area contributed by atoms with Gasteiger partial charge in [-0.05, 0) is 12.5 Å². The monoisotopic (exact) mass is 227 g/mol. The summed E-state index contributed by atoms with van der Waals surface area (Å²) in [6, 6.07) is 2.15. The topological polar surface area (TPSA) is 59.3 Å². The van der Waals surface area contributed by atoms with Gasteiger partial charge >= 0.3 is 0 Å². The molecule has 0 aromatic rings. The number of nitrogens with one attached hydrogen (secondary N) is 1. The lowest BCUT2D eigenvalue weighted by molar-refractivity contribution is 0.106. The highest BCUT2D eigenvalue weighted by Crippen LogP contribution is 2.01. The molecule has 1 unspecified atom stereocenters. The maximum absolute atomic E-state index is 9.78. The van der Waals surface area contributed by atoms with Crippen molar-refractivity contribution in [2.24, 2.45) is 5.92 Å². The van der Waals surface area contributed by atoms with Crippen LogP contribution in [0.2, 0.25) is 0 Å². The maximum atomic E-state index is 9.78. The lowest BCUT2D eigenvalue weighted by Gasteiger charge is -2.25. The summed E-state index contributed by atoms with van der Waals surface area (Å²) in [5, 5.41) is 21.5. The fourth-order valence-corrected chi connectivity index (χ4v) is 1.66. The van der Waals surface area contributed by atoms with Gasteiger partial charge < -0.3 is 10.4 Å². The summed E-state index contributed by atoms with van der Waals surface area (Å²) in [5.74, 6) is 0.560. The molecule has 0 rings (SSSR count). The zero-order valence-corrected chi connectivity index (χ0v) is 10.7. The Kier molecular flexibility index (Phi) is 9.21. The molecule has 0 aliphatic rings. The summed E-state index contributed by atoms with van der Waals surface area (Å²) in [6.07, 6.45) is 0.179. The SMILES string of the molecule is CCNCC(O)CN(CCC#N)CC(C)C. The molecule has 0 aliphatic heterocycles. The predicted octanol–water partition coefficient (Wildman–Crippen LogP) is 0.828. The highest BCUT2D eigenvalue weighted by Gasteiger charge is 2.12. The van der Waals surface area contributed by atoms with Crippen LogP contribution in [-0.4, -0.2) is 48.8 Å². The molecule has 0 aromatic heterocycles. The molecule has 0 aromatic carbocycles. The standard InChI is InChI=1S/C12H25N3O/c1-4-14-8-12(16)10-15(7-5-6-13)9-11(2)3/h11-12,14,16H,4-5,7-10H2,1-3H3. The van der Waals surface area contributed by atoms with Gasteiger partial charge in [0.15, 0.2) is 0 Å². The van der Waals surface area contributed by atoms with Crippen molar-refractivity contribution in [1.29, 1.82) is 5.26 Å². The summed E-state index contributed by atoms with van der Waals surface area (Å²) in [6.45, 7) is 10.1. The molecule has 16 heavy (non-hydrogen) atoms. The fourth-order valence-electron chi connectivity index (χ4n) is 1.66. The molecule has 4 heteroatoms. The van der Waals surface area contributed by atoms with Crippen LogP contribution in [0.4, 0.5) is 0 Å². The smallest absolute Gasteiger partial charge is 0.0791 e. The Labute approximate surface area is 99.3 Å². The first-order valence-electron chi connectivity index (χ1n) is 6.08. The zero-order chi connectivity index (χ0) is 12.4. The molecule has 1 atom stereocenters. The zero-order valence-electron chi connectivity index (χ0n) is 10.7. The van der Waals surface area contributed by atoms with Crippen LogP contribution >= 0.6 is 0 Å². The van der Waals surface area contributed by atoms with Gasteiger partial charge in [0.1, 0.15) is 0 Å². The predicted molar refractivity (Wildman–Crippen MR) is 66.1 cm³/mol. The van der Waals surface area contributed by atoms with E-state index in [2.05, 4.69) is 30.1 Å². The van der Waals surface area contributed by atoms with Crippen molar-refractivity contribution >= 4 is 0 Å². The lowest BCUT2D eigenvalue weighted by Crippen LogP contribution is -2.40. The Morgan fingerprint density at radius 2 is 2.06 bits per heavy atom. The minimum absolute atomic E-state index is 0.350. The van der Waals surface area contributed by atoms with Crippen molar-refractivity contribution in [3.05, 3.63) is 0 Å². The Morgan fingerprint density at radius 3 is 2.56 bits per heavy atom. The molecule has 0 heterocycles. The lowest BCUT2D eigenvalue weighted by atomic mass is 10.2. The average Bonchev–Trinajstić information content (AvgIpc) is 2.22. The summed E-state index contributed by atoms with van der Waals surface area (Å²) >= 11 is 0. The highest BCUT2D eigenvalue weighted by molar-refractivity contribution is 4.75. The third-order valence-corrected chi connectivity index (χ3v) is 2.26.